The number of nitro groups is 1. The first-order valence-electron chi connectivity index (χ1n) is 8.24. The molecule has 0 fully saturated rings. The molecule has 8 nitrogen and oxygen atoms in total. The summed E-state index contributed by atoms with van der Waals surface area (Å²) < 4.78 is 10.3. The molecule has 2 aromatic rings. The van der Waals surface area contributed by atoms with Crippen LogP contribution in [0.5, 0.6) is 11.5 Å². The van der Waals surface area contributed by atoms with Gasteiger partial charge in [0, 0.05) is 0 Å². The Morgan fingerprint density at radius 1 is 1.10 bits per heavy atom. The van der Waals surface area contributed by atoms with Gasteiger partial charge >= 0.3 is 0 Å². The molecule has 0 unspecified atom stereocenters. The van der Waals surface area contributed by atoms with Crippen molar-refractivity contribution < 1.29 is 19.2 Å². The van der Waals surface area contributed by atoms with Crippen molar-refractivity contribution in [3.63, 3.8) is 0 Å². The Bertz CT molecular complexity index is 1080. The maximum atomic E-state index is 12.9. The second-order valence-corrected chi connectivity index (χ2v) is 6.80. The molecule has 0 aromatic heterocycles. The third-order valence-corrected chi connectivity index (χ3v) is 4.98. The van der Waals surface area contributed by atoms with Gasteiger partial charge in [0.25, 0.3) is 11.6 Å². The highest BCUT2D eigenvalue weighted by atomic mass is 35.5. The zero-order valence-electron chi connectivity index (χ0n) is 15.6. The van der Waals surface area contributed by atoms with Crippen LogP contribution < -0.4 is 14.5 Å². The molecule has 0 saturated heterocycles. The van der Waals surface area contributed by atoms with E-state index in [0.717, 1.165) is 5.01 Å². The molecule has 1 aliphatic rings. The Balaban J connectivity index is 2.07. The molecule has 0 aliphatic carbocycles. The summed E-state index contributed by atoms with van der Waals surface area (Å²) in [7, 11) is 2.80. The topological polar surface area (TPSA) is 94.3 Å². The van der Waals surface area contributed by atoms with Gasteiger partial charge in [0.05, 0.1) is 57.8 Å². The van der Waals surface area contributed by atoms with E-state index >= 15 is 0 Å². The van der Waals surface area contributed by atoms with E-state index in [-0.39, 0.29) is 27.6 Å². The summed E-state index contributed by atoms with van der Waals surface area (Å²) in [5.41, 5.74) is 0.968. The first-order valence-corrected chi connectivity index (χ1v) is 8.99. The third-order valence-electron chi connectivity index (χ3n) is 4.24. The molecule has 1 aliphatic heterocycles. The number of methoxy groups -OCH3 is 2. The van der Waals surface area contributed by atoms with Crippen LogP contribution in [0.4, 0.5) is 11.4 Å². The highest BCUT2D eigenvalue weighted by Crippen LogP contribution is 2.37. The molecule has 3 rings (SSSR count). The largest absolute Gasteiger partial charge is 0.493 e. The zero-order chi connectivity index (χ0) is 21.3. The Kier molecular flexibility index (Phi) is 5.76. The van der Waals surface area contributed by atoms with E-state index in [2.05, 4.69) is 5.10 Å². The highest BCUT2D eigenvalue weighted by Gasteiger charge is 2.30. The fourth-order valence-corrected chi connectivity index (χ4v) is 3.08. The summed E-state index contributed by atoms with van der Waals surface area (Å²) in [6.45, 7) is 1.63. The summed E-state index contributed by atoms with van der Waals surface area (Å²) in [5.74, 6) is 0.0539. The molecule has 150 valence electrons. The molecule has 0 radical (unpaired) electrons. The van der Waals surface area contributed by atoms with Gasteiger partial charge in [-0.05, 0) is 37.3 Å². The highest BCUT2D eigenvalue weighted by molar-refractivity contribution is 6.42. The summed E-state index contributed by atoms with van der Waals surface area (Å²) in [4.78, 5) is 23.9. The van der Waals surface area contributed by atoms with Crippen molar-refractivity contribution in [2.45, 2.75) is 6.92 Å². The van der Waals surface area contributed by atoms with Gasteiger partial charge in [-0.2, -0.15) is 10.1 Å². The minimum atomic E-state index is -0.559. The lowest BCUT2D eigenvalue weighted by atomic mass is 10.0. The van der Waals surface area contributed by atoms with Gasteiger partial charge < -0.3 is 9.47 Å². The van der Waals surface area contributed by atoms with Gasteiger partial charge in [-0.15, -0.1) is 0 Å². The van der Waals surface area contributed by atoms with Gasteiger partial charge in [0.1, 0.15) is 0 Å². The molecule has 0 N–H and O–H groups in total. The molecule has 0 bridgehead atoms. The van der Waals surface area contributed by atoms with Crippen LogP contribution in [0, 0.1) is 10.1 Å². The molecule has 2 aromatic carbocycles. The van der Waals surface area contributed by atoms with Crippen molar-refractivity contribution in [1.82, 2.24) is 0 Å². The van der Waals surface area contributed by atoms with Gasteiger partial charge in [-0.25, -0.2) is 0 Å². The molecular formula is C19H15Cl2N3O5. The number of anilines is 1. The summed E-state index contributed by atoms with van der Waals surface area (Å²) in [6.07, 6.45) is 1.40. The van der Waals surface area contributed by atoms with Crippen molar-refractivity contribution in [3.8, 4) is 11.5 Å². The van der Waals surface area contributed by atoms with Gasteiger partial charge in [0.15, 0.2) is 11.5 Å². The summed E-state index contributed by atoms with van der Waals surface area (Å²) in [6, 6.07) is 7.35. The second kappa shape index (κ2) is 8.10. The van der Waals surface area contributed by atoms with Crippen LogP contribution in [0.15, 0.2) is 41.0 Å². The van der Waals surface area contributed by atoms with Gasteiger partial charge in [-0.3, -0.25) is 14.9 Å². The molecular weight excluding hydrogens is 421 g/mol. The number of hydrazone groups is 1. The third kappa shape index (κ3) is 3.90. The standard InChI is InChI=1S/C19H15Cl2N3O5/c1-10-13(19(25)23(22-10)12-4-5-14(20)15(21)8-12)6-11-7-17(28-2)18(29-3)9-16(11)24(26)27/h4-9H,1-3H3/b13-6-. The number of nitro benzene ring substituents is 1. The van der Waals surface area contributed by atoms with Crippen molar-refractivity contribution in [2.75, 3.05) is 19.2 Å². The zero-order valence-corrected chi connectivity index (χ0v) is 17.1. The molecule has 0 atom stereocenters. The number of rotatable bonds is 5. The smallest absolute Gasteiger partial charge is 0.280 e. The van der Waals surface area contributed by atoms with Crippen LogP contribution in [-0.2, 0) is 4.79 Å². The number of hydrogen-bond acceptors (Lipinski definition) is 6. The van der Waals surface area contributed by atoms with E-state index in [1.165, 1.54) is 38.5 Å². The SMILES string of the molecule is COc1cc(/C=C2\C(=O)N(c3ccc(Cl)c(Cl)c3)N=C2C)c([N+](=O)[O-])cc1OC. The Morgan fingerprint density at radius 3 is 2.34 bits per heavy atom. The fourth-order valence-electron chi connectivity index (χ4n) is 2.79. The number of carbonyl (C=O) groups is 1. The Hall–Kier alpha value is -3.10. The maximum Gasteiger partial charge on any atom is 0.280 e. The van der Waals surface area contributed by atoms with Gasteiger partial charge in [0.2, 0.25) is 0 Å². The first kappa shape index (κ1) is 20.6. The van der Waals surface area contributed by atoms with E-state index in [1.54, 1.807) is 19.1 Å². The number of halogens is 2. The minimum absolute atomic E-state index is 0.182. The molecule has 1 heterocycles. The predicted octanol–water partition coefficient (Wildman–Crippen LogP) is 4.72. The molecule has 29 heavy (non-hydrogen) atoms. The van der Waals surface area contributed by atoms with Crippen LogP contribution in [-0.4, -0.2) is 30.8 Å². The number of nitrogens with zero attached hydrogens (tertiary/aromatic N) is 3. The number of carbonyl (C=O) groups excluding carboxylic acids is 1. The summed E-state index contributed by atoms with van der Waals surface area (Å²) >= 11 is 11.9. The van der Waals surface area contributed by atoms with Crippen molar-refractivity contribution >= 4 is 52.3 Å². The van der Waals surface area contributed by atoms with Crippen molar-refractivity contribution in [3.05, 3.63) is 61.6 Å². The molecule has 10 heteroatoms. The van der Waals surface area contributed by atoms with E-state index in [0.29, 0.717) is 22.2 Å². The molecule has 1 amide bonds. The fraction of sp³-hybridized carbons (Fsp3) is 0.158. The van der Waals surface area contributed by atoms with Crippen LogP contribution in [0.1, 0.15) is 12.5 Å². The average Bonchev–Trinajstić information content (AvgIpc) is 2.97. The number of ether oxygens (including phenoxy) is 2. The quantitative estimate of drug-likeness (QED) is 0.384. The van der Waals surface area contributed by atoms with E-state index < -0.39 is 10.8 Å². The molecule has 0 spiro atoms. The second-order valence-electron chi connectivity index (χ2n) is 5.98. The lowest BCUT2D eigenvalue weighted by molar-refractivity contribution is -0.385. The van der Waals surface area contributed by atoms with Crippen LogP contribution >= 0.6 is 23.2 Å². The minimum Gasteiger partial charge on any atom is -0.493 e. The van der Waals surface area contributed by atoms with Crippen molar-refractivity contribution in [2.24, 2.45) is 5.10 Å². The van der Waals surface area contributed by atoms with Crippen LogP contribution in [0.2, 0.25) is 10.0 Å². The molecule has 0 saturated carbocycles. The van der Waals surface area contributed by atoms with Gasteiger partial charge in [-0.1, -0.05) is 23.2 Å². The number of benzene rings is 2. The van der Waals surface area contributed by atoms with E-state index in [4.69, 9.17) is 32.7 Å². The summed E-state index contributed by atoms with van der Waals surface area (Å²) in [5, 5.41) is 17.5. The predicted molar refractivity (Wildman–Crippen MR) is 111 cm³/mol. The Morgan fingerprint density at radius 2 is 1.76 bits per heavy atom. The van der Waals surface area contributed by atoms with Crippen molar-refractivity contribution in [1.29, 1.82) is 0 Å². The monoisotopic (exact) mass is 435 g/mol. The first-order chi connectivity index (χ1) is 13.8. The van der Waals surface area contributed by atoms with E-state index in [9.17, 15) is 14.9 Å². The van der Waals surface area contributed by atoms with E-state index in [1.807, 2.05) is 0 Å². The maximum absolute atomic E-state index is 12.9. The lowest BCUT2D eigenvalue weighted by Crippen LogP contribution is -2.21. The van der Waals surface area contributed by atoms with Crippen LogP contribution in [0.25, 0.3) is 6.08 Å². The average molecular weight is 436 g/mol. The lowest BCUT2D eigenvalue weighted by Gasteiger charge is -2.12. The number of hydrogen-bond donors (Lipinski definition) is 0. The Labute approximate surface area is 176 Å². The normalized spacial score (nSPS) is 14.9. The van der Waals surface area contributed by atoms with Crippen LogP contribution in [0.3, 0.4) is 0 Å². The number of amides is 1.